The van der Waals surface area contributed by atoms with Gasteiger partial charge < -0.3 is 84.6 Å². The smallest absolute Gasteiger partial charge is 0.315 e. The number of allylic oxidation sites excluding steroid dienone is 1. The second kappa shape index (κ2) is 17.5. The number of fused-ring (bicyclic) bond motifs is 7. The number of aliphatic hydroxyl groups excluding tert-OH is 10. The number of aliphatic hydroxyl groups is 11. The predicted molar refractivity (Wildman–Crippen MR) is 226 cm³/mol. The van der Waals surface area contributed by atoms with Crippen molar-refractivity contribution in [1.29, 1.82) is 0 Å². The molecule has 0 bridgehead atoms. The van der Waals surface area contributed by atoms with Crippen LogP contribution in [0.25, 0.3) is 0 Å². The first-order valence-corrected chi connectivity index (χ1v) is 23.9. The van der Waals surface area contributed by atoms with Gasteiger partial charge in [-0.3, -0.25) is 4.79 Å². The van der Waals surface area contributed by atoms with Crippen LogP contribution in [0.2, 0.25) is 0 Å². The van der Waals surface area contributed by atoms with Crippen molar-refractivity contribution in [2.75, 3.05) is 19.8 Å². The van der Waals surface area contributed by atoms with Crippen LogP contribution in [0.5, 0.6) is 0 Å². The lowest BCUT2D eigenvalue weighted by atomic mass is 9.33. The third-order valence-electron chi connectivity index (χ3n) is 19.3. The first kappa shape index (κ1) is 50.0. The van der Waals surface area contributed by atoms with E-state index in [1.54, 1.807) is 0 Å². The number of hydrogen-bond acceptors (Lipinski definition) is 18. The fourth-order valence-corrected chi connectivity index (χ4v) is 15.0. The van der Waals surface area contributed by atoms with Gasteiger partial charge in [0.2, 0.25) is 6.29 Å². The highest BCUT2D eigenvalue weighted by Gasteiger charge is 2.72. The molecule has 4 saturated carbocycles. The summed E-state index contributed by atoms with van der Waals surface area (Å²) < 4.78 is 35.5. The number of ether oxygens (including phenoxy) is 6. The van der Waals surface area contributed by atoms with Gasteiger partial charge in [0, 0.05) is 5.92 Å². The molecule has 0 aromatic heterocycles. The number of hydrogen-bond donors (Lipinski definition) is 11. The van der Waals surface area contributed by atoms with Gasteiger partial charge in [0.1, 0.15) is 67.1 Å². The summed E-state index contributed by atoms with van der Waals surface area (Å²) in [4.78, 5) is 14.7. The minimum atomic E-state index is -1.75. The Morgan fingerprint density at radius 1 is 0.692 bits per heavy atom. The van der Waals surface area contributed by atoms with E-state index in [0.29, 0.717) is 38.5 Å². The minimum Gasteiger partial charge on any atom is -0.432 e. The van der Waals surface area contributed by atoms with E-state index in [4.69, 9.17) is 28.4 Å². The van der Waals surface area contributed by atoms with Crippen LogP contribution in [-0.2, 0) is 33.2 Å². The Morgan fingerprint density at radius 3 is 1.94 bits per heavy atom. The molecule has 5 aliphatic carbocycles. The molecule has 0 aromatic rings. The maximum Gasteiger partial charge on any atom is 0.315 e. The predicted octanol–water partition coefficient (Wildman–Crippen LogP) is -0.250. The zero-order valence-corrected chi connectivity index (χ0v) is 38.8. The number of rotatable bonds is 8. The largest absolute Gasteiger partial charge is 0.432 e. The average Bonchev–Trinajstić information content (AvgIpc) is 3.25. The molecule has 8 rings (SSSR count). The molecule has 0 spiro atoms. The van der Waals surface area contributed by atoms with Gasteiger partial charge in [-0.1, -0.05) is 53.2 Å². The zero-order valence-electron chi connectivity index (χ0n) is 38.8. The molecule has 0 unspecified atom stereocenters. The van der Waals surface area contributed by atoms with Crippen molar-refractivity contribution in [2.45, 2.75) is 204 Å². The van der Waals surface area contributed by atoms with E-state index >= 15 is 0 Å². The molecule has 3 aliphatic heterocycles. The van der Waals surface area contributed by atoms with Crippen LogP contribution in [-0.4, -0.2) is 180 Å². The lowest BCUT2D eigenvalue weighted by molar-refractivity contribution is -0.357. The lowest BCUT2D eigenvalue weighted by Gasteiger charge is -2.72. The fourth-order valence-electron chi connectivity index (χ4n) is 15.0. The van der Waals surface area contributed by atoms with E-state index in [0.717, 1.165) is 24.8 Å². The molecule has 0 radical (unpaired) electrons. The van der Waals surface area contributed by atoms with Crippen LogP contribution in [0, 0.1) is 50.7 Å². The SMILES string of the molecule is C[C@@H]1CC[C@]2(C(=O)O[C@@H]3O[C@H](CO)[C@@H](O)[C@H](O)[C@H]3O)CC[C@]3(C)C(=CC[C@@H]4[C@@]5(C)CC[C@H](O[C@@H]6OC[C@H](O)[C@H](O[C@@H]7O[C@H](CO)[C@H](O)[C@H](O)[C@H]7O)[C@H]6O)C(C)(C)[C@@H]5CC[C@]43C)[C@@H]2[C@]1(C)O. The summed E-state index contributed by atoms with van der Waals surface area (Å²) in [6.07, 6.45) is -13.4. The monoisotopic (exact) mass is 929 g/mol. The van der Waals surface area contributed by atoms with E-state index in [1.807, 2.05) is 13.8 Å². The van der Waals surface area contributed by atoms with Gasteiger partial charge in [0.05, 0.1) is 36.9 Å². The molecular formula is C47H76O18. The number of esters is 1. The fraction of sp³-hybridized carbons (Fsp3) is 0.936. The Kier molecular flexibility index (Phi) is 13.4. The van der Waals surface area contributed by atoms with E-state index in [1.165, 1.54) is 0 Å². The number of carbonyl (C=O) groups excluding carboxylic acids is 1. The van der Waals surface area contributed by atoms with Crippen LogP contribution in [0.4, 0.5) is 0 Å². The highest BCUT2D eigenvalue weighted by Crippen LogP contribution is 2.76. The summed E-state index contributed by atoms with van der Waals surface area (Å²) in [6.45, 7) is 13.7. The molecule has 18 nitrogen and oxygen atoms in total. The first-order valence-electron chi connectivity index (χ1n) is 23.9. The van der Waals surface area contributed by atoms with Crippen molar-refractivity contribution in [1.82, 2.24) is 0 Å². The van der Waals surface area contributed by atoms with Gasteiger partial charge in [0.25, 0.3) is 0 Å². The first-order chi connectivity index (χ1) is 30.3. The topological polar surface area (TPSA) is 295 Å². The maximum absolute atomic E-state index is 14.7. The molecule has 24 atom stereocenters. The Bertz CT molecular complexity index is 1770. The van der Waals surface area contributed by atoms with Crippen LogP contribution < -0.4 is 0 Å². The molecule has 3 saturated heterocycles. The van der Waals surface area contributed by atoms with Crippen LogP contribution in [0.3, 0.4) is 0 Å². The highest BCUT2D eigenvalue weighted by molar-refractivity contribution is 5.79. The van der Waals surface area contributed by atoms with Crippen molar-refractivity contribution >= 4 is 5.97 Å². The van der Waals surface area contributed by atoms with Gasteiger partial charge >= 0.3 is 5.97 Å². The molecular weight excluding hydrogens is 852 g/mol. The van der Waals surface area contributed by atoms with E-state index in [-0.39, 0.29) is 41.3 Å². The molecule has 7 fully saturated rings. The van der Waals surface area contributed by atoms with Crippen molar-refractivity contribution < 1.29 is 89.4 Å². The van der Waals surface area contributed by atoms with Crippen molar-refractivity contribution in [3.05, 3.63) is 11.6 Å². The van der Waals surface area contributed by atoms with E-state index < -0.39 is 133 Å². The Balaban J connectivity index is 1.02. The molecule has 0 amide bonds. The molecule has 18 heteroatoms. The normalized spacial score (nSPS) is 55.4. The second-order valence-electron chi connectivity index (χ2n) is 22.7. The third kappa shape index (κ3) is 7.53. The second-order valence-corrected chi connectivity index (χ2v) is 22.7. The van der Waals surface area contributed by atoms with Crippen molar-refractivity contribution in [3.8, 4) is 0 Å². The number of carbonyl (C=O) groups is 1. The Labute approximate surface area is 380 Å². The Morgan fingerprint density at radius 2 is 1.31 bits per heavy atom. The summed E-state index contributed by atoms with van der Waals surface area (Å²) in [7, 11) is 0. The molecule has 8 aliphatic rings. The summed E-state index contributed by atoms with van der Waals surface area (Å²) in [5, 5.41) is 117. The zero-order chi connectivity index (χ0) is 47.6. The quantitative estimate of drug-likeness (QED) is 0.0850. The molecule has 372 valence electrons. The van der Waals surface area contributed by atoms with Crippen molar-refractivity contribution in [3.63, 3.8) is 0 Å². The summed E-state index contributed by atoms with van der Waals surface area (Å²) in [6, 6.07) is 0. The van der Waals surface area contributed by atoms with Crippen LogP contribution >= 0.6 is 0 Å². The minimum absolute atomic E-state index is 0.150. The van der Waals surface area contributed by atoms with Gasteiger partial charge in [-0.05, 0) is 104 Å². The van der Waals surface area contributed by atoms with E-state index in [9.17, 15) is 61.0 Å². The molecule has 3 heterocycles. The molecule has 0 aromatic carbocycles. The van der Waals surface area contributed by atoms with Gasteiger partial charge in [-0.15, -0.1) is 0 Å². The van der Waals surface area contributed by atoms with Crippen LogP contribution in [0.1, 0.15) is 106 Å². The van der Waals surface area contributed by atoms with Crippen molar-refractivity contribution in [2.24, 2.45) is 50.7 Å². The summed E-state index contributed by atoms with van der Waals surface area (Å²) >= 11 is 0. The lowest BCUT2D eigenvalue weighted by Crippen LogP contribution is -2.68. The van der Waals surface area contributed by atoms with Gasteiger partial charge in [0.15, 0.2) is 12.6 Å². The maximum atomic E-state index is 14.7. The van der Waals surface area contributed by atoms with Gasteiger partial charge in [-0.25, -0.2) is 0 Å². The Hall–Kier alpha value is -1.43. The van der Waals surface area contributed by atoms with Gasteiger partial charge in [-0.2, -0.15) is 0 Å². The van der Waals surface area contributed by atoms with Crippen LogP contribution in [0.15, 0.2) is 11.6 Å². The van der Waals surface area contributed by atoms with E-state index in [2.05, 4.69) is 40.7 Å². The average molecular weight is 929 g/mol. The summed E-state index contributed by atoms with van der Waals surface area (Å²) in [5.74, 6) is -1.02. The summed E-state index contributed by atoms with van der Waals surface area (Å²) in [5.41, 5.74) is -2.68. The third-order valence-corrected chi connectivity index (χ3v) is 19.3. The highest BCUT2D eigenvalue weighted by atomic mass is 16.7. The molecule has 65 heavy (non-hydrogen) atoms. The molecule has 11 N–H and O–H groups in total. The standard InChI is InChI=1S/C47H76O18/c1-21-10-15-47(41(58)65-40-34(56)32(54)30(52)25(19-49)62-40)17-16-44(5)22(37(47)46(21,7)59)8-9-27-43(4)13-12-28(42(2,3)26(43)11-14-45(27,44)6)63-38-35(57)36(23(50)20-60-38)64-39-33(55)31(53)29(51)24(18-48)61-39/h8,21,23-40,48-57,59H,9-20H2,1-7H3/t21-,23+,24-,25-,26+,27-,28+,29+,30-,31+,32+,33-,34-,35-,36+,37-,38+,39+,40+,43+,44-,45-,46-,47+/m1/s1.